The normalized spacial score (nSPS) is 18.6. The van der Waals surface area contributed by atoms with Crippen molar-refractivity contribution < 1.29 is 0 Å². The topological polar surface area (TPSA) is 54.3 Å². The standard InChI is InChI=1S/C20H24ClN5/c1-4-20(3)6-9-26(10-7-20)16-12-24-19-15(25-16)11-23-18(19)14-5-8-22-13(2)17(14)21/h5,8,12H,4,6-7,9-11H2,1-3H3. The highest BCUT2D eigenvalue weighted by Gasteiger charge is 2.30. The van der Waals surface area contributed by atoms with Gasteiger partial charge in [0.1, 0.15) is 11.5 Å². The van der Waals surface area contributed by atoms with Crippen LogP contribution < -0.4 is 4.90 Å². The first kappa shape index (κ1) is 17.4. The molecule has 0 spiro atoms. The Balaban J connectivity index is 1.58. The molecule has 2 aliphatic rings. The number of halogens is 1. The van der Waals surface area contributed by atoms with Gasteiger partial charge >= 0.3 is 0 Å². The molecule has 2 aromatic rings. The molecule has 0 aliphatic carbocycles. The minimum Gasteiger partial charge on any atom is -0.355 e. The Hall–Kier alpha value is -2.01. The van der Waals surface area contributed by atoms with Gasteiger partial charge < -0.3 is 4.90 Å². The first-order chi connectivity index (χ1) is 12.5. The van der Waals surface area contributed by atoms with Crippen LogP contribution in [0.1, 0.15) is 55.8 Å². The van der Waals surface area contributed by atoms with Crippen molar-refractivity contribution in [2.24, 2.45) is 10.4 Å². The van der Waals surface area contributed by atoms with Crippen molar-refractivity contribution >= 4 is 23.1 Å². The Morgan fingerprint density at radius 2 is 2.00 bits per heavy atom. The van der Waals surface area contributed by atoms with Gasteiger partial charge in [-0.25, -0.2) is 9.97 Å². The van der Waals surface area contributed by atoms with Crippen LogP contribution in [0.3, 0.4) is 0 Å². The average Bonchev–Trinajstić information content (AvgIpc) is 3.07. The zero-order valence-corrected chi connectivity index (χ0v) is 16.3. The lowest BCUT2D eigenvalue weighted by molar-refractivity contribution is 0.237. The van der Waals surface area contributed by atoms with Crippen LogP contribution in [0.25, 0.3) is 0 Å². The largest absolute Gasteiger partial charge is 0.355 e. The van der Waals surface area contributed by atoms with Crippen molar-refractivity contribution in [3.05, 3.63) is 46.1 Å². The van der Waals surface area contributed by atoms with Crippen LogP contribution in [0, 0.1) is 12.3 Å². The van der Waals surface area contributed by atoms with Crippen LogP contribution in [0.4, 0.5) is 5.82 Å². The van der Waals surface area contributed by atoms with E-state index in [1.165, 1.54) is 19.3 Å². The van der Waals surface area contributed by atoms with Crippen LogP contribution in [-0.4, -0.2) is 33.8 Å². The molecule has 0 aromatic carbocycles. The summed E-state index contributed by atoms with van der Waals surface area (Å²) in [7, 11) is 0. The molecule has 136 valence electrons. The number of hydrogen-bond donors (Lipinski definition) is 0. The van der Waals surface area contributed by atoms with Gasteiger partial charge in [0.25, 0.3) is 0 Å². The van der Waals surface area contributed by atoms with Gasteiger partial charge in [-0.05, 0) is 31.2 Å². The summed E-state index contributed by atoms with van der Waals surface area (Å²) in [4.78, 5) is 20.8. The van der Waals surface area contributed by atoms with Crippen molar-refractivity contribution in [3.63, 3.8) is 0 Å². The Labute approximate surface area is 159 Å². The van der Waals surface area contributed by atoms with Gasteiger partial charge in [-0.15, -0.1) is 0 Å². The van der Waals surface area contributed by atoms with Crippen molar-refractivity contribution in [1.29, 1.82) is 0 Å². The van der Waals surface area contributed by atoms with Crippen molar-refractivity contribution in [3.8, 4) is 0 Å². The number of fused-ring (bicyclic) bond motifs is 1. The van der Waals surface area contributed by atoms with Crippen molar-refractivity contribution in [2.75, 3.05) is 18.0 Å². The Morgan fingerprint density at radius 1 is 1.23 bits per heavy atom. The molecule has 4 rings (SSSR count). The number of piperidine rings is 1. The molecule has 1 fully saturated rings. The highest BCUT2D eigenvalue weighted by atomic mass is 35.5. The zero-order valence-electron chi connectivity index (χ0n) is 15.6. The van der Waals surface area contributed by atoms with E-state index < -0.39 is 0 Å². The summed E-state index contributed by atoms with van der Waals surface area (Å²) in [6, 6.07) is 1.90. The van der Waals surface area contributed by atoms with Crippen LogP contribution in [-0.2, 0) is 6.54 Å². The maximum absolute atomic E-state index is 6.43. The van der Waals surface area contributed by atoms with E-state index in [0.717, 1.165) is 47.3 Å². The third kappa shape index (κ3) is 2.98. The van der Waals surface area contributed by atoms with Gasteiger partial charge in [0.15, 0.2) is 0 Å². The smallest absolute Gasteiger partial charge is 0.147 e. The lowest BCUT2D eigenvalue weighted by Gasteiger charge is -2.39. The summed E-state index contributed by atoms with van der Waals surface area (Å²) in [6.07, 6.45) is 7.29. The maximum Gasteiger partial charge on any atom is 0.147 e. The Morgan fingerprint density at radius 3 is 2.73 bits per heavy atom. The van der Waals surface area contributed by atoms with E-state index in [9.17, 15) is 0 Å². The van der Waals surface area contributed by atoms with Gasteiger partial charge in [0.05, 0.1) is 34.9 Å². The molecule has 0 N–H and O–H groups in total. The van der Waals surface area contributed by atoms with Crippen LogP contribution in [0.2, 0.25) is 5.02 Å². The summed E-state index contributed by atoms with van der Waals surface area (Å²) in [6.45, 7) is 9.22. The second-order valence-electron chi connectivity index (χ2n) is 7.60. The van der Waals surface area contributed by atoms with Gasteiger partial charge in [-0.1, -0.05) is 31.9 Å². The molecule has 0 atom stereocenters. The number of aryl methyl sites for hydroxylation is 1. The SMILES string of the molecule is CCC1(C)CCN(c2cnc3c(n2)CN=C3c2ccnc(C)c2Cl)CC1. The number of nitrogens with zero attached hydrogens (tertiary/aromatic N) is 5. The van der Waals surface area contributed by atoms with E-state index in [0.29, 0.717) is 17.0 Å². The minimum absolute atomic E-state index is 0.465. The van der Waals surface area contributed by atoms with E-state index in [1.807, 2.05) is 19.2 Å². The molecule has 0 amide bonds. The fraction of sp³-hybridized carbons (Fsp3) is 0.500. The van der Waals surface area contributed by atoms with Crippen LogP contribution in [0.5, 0.6) is 0 Å². The molecular weight excluding hydrogens is 346 g/mol. The molecule has 0 bridgehead atoms. The van der Waals surface area contributed by atoms with Crippen molar-refractivity contribution in [1.82, 2.24) is 15.0 Å². The number of hydrogen-bond acceptors (Lipinski definition) is 5. The lowest BCUT2D eigenvalue weighted by atomic mass is 9.78. The van der Waals surface area contributed by atoms with Crippen LogP contribution >= 0.6 is 11.6 Å². The first-order valence-corrected chi connectivity index (χ1v) is 9.66. The fourth-order valence-corrected chi connectivity index (χ4v) is 3.88. The number of rotatable bonds is 3. The molecule has 5 nitrogen and oxygen atoms in total. The van der Waals surface area contributed by atoms with Gasteiger partial charge in [-0.3, -0.25) is 9.98 Å². The number of pyridine rings is 1. The Kier molecular flexibility index (Phi) is 4.43. The molecule has 6 heteroatoms. The van der Waals surface area contributed by atoms with E-state index in [1.54, 1.807) is 6.20 Å². The second-order valence-corrected chi connectivity index (χ2v) is 7.98. The summed E-state index contributed by atoms with van der Waals surface area (Å²) >= 11 is 6.43. The molecular formula is C20H24ClN5. The van der Waals surface area contributed by atoms with E-state index in [4.69, 9.17) is 21.6 Å². The summed E-state index contributed by atoms with van der Waals surface area (Å²) in [5.74, 6) is 0.968. The average molecular weight is 370 g/mol. The fourth-order valence-electron chi connectivity index (χ4n) is 3.68. The van der Waals surface area contributed by atoms with Gasteiger partial charge in [0.2, 0.25) is 0 Å². The van der Waals surface area contributed by atoms with Gasteiger partial charge in [-0.2, -0.15) is 0 Å². The van der Waals surface area contributed by atoms with Crippen molar-refractivity contribution in [2.45, 2.75) is 46.6 Å². The minimum atomic E-state index is 0.465. The first-order valence-electron chi connectivity index (χ1n) is 9.28. The number of aromatic nitrogens is 3. The summed E-state index contributed by atoms with van der Waals surface area (Å²) in [5, 5.41) is 0.639. The highest BCUT2D eigenvalue weighted by molar-refractivity contribution is 6.36. The molecule has 2 aromatic heterocycles. The second kappa shape index (κ2) is 6.62. The monoisotopic (exact) mass is 369 g/mol. The predicted molar refractivity (Wildman–Crippen MR) is 105 cm³/mol. The van der Waals surface area contributed by atoms with Gasteiger partial charge in [0, 0.05) is 24.8 Å². The zero-order chi connectivity index (χ0) is 18.3. The van der Waals surface area contributed by atoms with E-state index in [-0.39, 0.29) is 0 Å². The Bertz CT molecular complexity index is 869. The third-order valence-electron chi connectivity index (χ3n) is 5.91. The van der Waals surface area contributed by atoms with Crippen LogP contribution in [0.15, 0.2) is 23.5 Å². The highest BCUT2D eigenvalue weighted by Crippen LogP contribution is 2.35. The molecule has 1 saturated heterocycles. The molecule has 0 radical (unpaired) electrons. The third-order valence-corrected chi connectivity index (χ3v) is 6.39. The summed E-state index contributed by atoms with van der Waals surface area (Å²) in [5.41, 5.74) is 4.76. The maximum atomic E-state index is 6.43. The molecule has 0 unspecified atom stereocenters. The molecule has 4 heterocycles. The molecule has 0 saturated carbocycles. The predicted octanol–water partition coefficient (Wildman–Crippen LogP) is 4.20. The molecule has 26 heavy (non-hydrogen) atoms. The lowest BCUT2D eigenvalue weighted by Crippen LogP contribution is -2.39. The number of anilines is 1. The molecule has 2 aliphatic heterocycles. The van der Waals surface area contributed by atoms with E-state index in [2.05, 4.69) is 28.7 Å². The summed E-state index contributed by atoms with van der Waals surface area (Å²) < 4.78 is 0. The number of aliphatic imine (C=N–C) groups is 1. The quantitative estimate of drug-likeness (QED) is 0.813. The van der Waals surface area contributed by atoms with E-state index >= 15 is 0 Å².